The second-order valence-corrected chi connectivity index (χ2v) is 11.9. The third-order valence-corrected chi connectivity index (χ3v) is 8.92. The summed E-state index contributed by atoms with van der Waals surface area (Å²) >= 11 is 0. The molecule has 1 saturated carbocycles. The van der Waals surface area contributed by atoms with Crippen molar-refractivity contribution in [1.82, 2.24) is 14.5 Å². The summed E-state index contributed by atoms with van der Waals surface area (Å²) in [4.78, 5) is 9.81. The van der Waals surface area contributed by atoms with Gasteiger partial charge in [0.05, 0.1) is 22.2 Å². The minimum absolute atomic E-state index is 0.145. The van der Waals surface area contributed by atoms with Gasteiger partial charge in [0, 0.05) is 36.4 Å². The van der Waals surface area contributed by atoms with Gasteiger partial charge in [-0.1, -0.05) is 67.4 Å². The Kier molecular flexibility index (Phi) is 7.56. The van der Waals surface area contributed by atoms with Crippen molar-refractivity contribution in [2.24, 2.45) is 5.41 Å². The highest BCUT2D eigenvalue weighted by molar-refractivity contribution is 5.79. The highest BCUT2D eigenvalue weighted by Gasteiger charge is 2.35. The topological polar surface area (TPSA) is 60.2 Å². The van der Waals surface area contributed by atoms with Crippen molar-refractivity contribution >= 4 is 21.9 Å². The van der Waals surface area contributed by atoms with E-state index in [2.05, 4.69) is 10.6 Å². The quantitative estimate of drug-likeness (QED) is 0.185. The van der Waals surface area contributed by atoms with E-state index in [1.807, 2.05) is 72.8 Å². The SMILES string of the molecule is OCC1(Cc2nc3cc(OCc4ccc5ccccc5n4)ccc3n2Cc2ccc(-c3ccc(F)c(F)c3)cc2)CCCC1. The van der Waals surface area contributed by atoms with E-state index >= 15 is 0 Å². The summed E-state index contributed by atoms with van der Waals surface area (Å²) in [7, 11) is 0. The minimum Gasteiger partial charge on any atom is -0.487 e. The van der Waals surface area contributed by atoms with Gasteiger partial charge in [0.15, 0.2) is 11.6 Å². The number of halogens is 2. The Hall–Kier alpha value is -4.62. The van der Waals surface area contributed by atoms with E-state index in [0.717, 1.165) is 82.1 Å². The lowest BCUT2D eigenvalue weighted by Gasteiger charge is -2.26. The number of ether oxygens (including phenoxy) is 1. The first-order chi connectivity index (χ1) is 21.5. The van der Waals surface area contributed by atoms with Gasteiger partial charge in [0.25, 0.3) is 0 Å². The summed E-state index contributed by atoms with van der Waals surface area (Å²) in [5.74, 6) is -0.0549. The maximum Gasteiger partial charge on any atom is 0.159 e. The minimum atomic E-state index is -0.859. The van der Waals surface area contributed by atoms with E-state index in [-0.39, 0.29) is 12.0 Å². The fourth-order valence-corrected chi connectivity index (χ4v) is 6.42. The average Bonchev–Trinajstić information content (AvgIpc) is 3.66. The molecule has 0 unspecified atom stereocenters. The molecule has 1 N–H and O–H groups in total. The van der Waals surface area contributed by atoms with Crippen LogP contribution in [0.4, 0.5) is 8.78 Å². The van der Waals surface area contributed by atoms with Crippen molar-refractivity contribution in [3.05, 3.63) is 126 Å². The Morgan fingerprint density at radius 1 is 0.773 bits per heavy atom. The number of aromatic nitrogens is 3. The normalized spacial score (nSPS) is 14.4. The summed E-state index contributed by atoms with van der Waals surface area (Å²) in [6, 6.07) is 29.9. The maximum atomic E-state index is 13.8. The van der Waals surface area contributed by atoms with Crippen molar-refractivity contribution in [2.75, 3.05) is 6.61 Å². The lowest BCUT2D eigenvalue weighted by molar-refractivity contribution is 0.127. The lowest BCUT2D eigenvalue weighted by atomic mass is 9.83. The van der Waals surface area contributed by atoms with E-state index in [1.165, 1.54) is 6.07 Å². The molecule has 5 nitrogen and oxygen atoms in total. The van der Waals surface area contributed by atoms with Gasteiger partial charge in [-0.2, -0.15) is 0 Å². The van der Waals surface area contributed by atoms with Gasteiger partial charge in [-0.25, -0.2) is 18.7 Å². The van der Waals surface area contributed by atoms with Crippen LogP contribution in [0.25, 0.3) is 33.1 Å². The van der Waals surface area contributed by atoms with E-state index in [0.29, 0.717) is 25.1 Å². The molecule has 1 fully saturated rings. The fourth-order valence-electron chi connectivity index (χ4n) is 6.42. The molecule has 2 aromatic heterocycles. The van der Waals surface area contributed by atoms with Gasteiger partial charge in [0.2, 0.25) is 0 Å². The molecule has 7 rings (SSSR count). The largest absolute Gasteiger partial charge is 0.487 e. The van der Waals surface area contributed by atoms with Crippen LogP contribution >= 0.6 is 0 Å². The Labute approximate surface area is 254 Å². The number of para-hydroxylation sites is 1. The highest BCUT2D eigenvalue weighted by atomic mass is 19.2. The molecule has 2 heterocycles. The van der Waals surface area contributed by atoms with E-state index in [4.69, 9.17) is 14.7 Å². The van der Waals surface area contributed by atoms with Gasteiger partial charge < -0.3 is 14.4 Å². The summed E-state index contributed by atoms with van der Waals surface area (Å²) < 4.78 is 35.7. The molecule has 0 atom stereocenters. The zero-order valence-corrected chi connectivity index (χ0v) is 24.3. The zero-order chi connectivity index (χ0) is 30.1. The van der Waals surface area contributed by atoms with Crippen LogP contribution in [0.3, 0.4) is 0 Å². The van der Waals surface area contributed by atoms with Gasteiger partial charge >= 0.3 is 0 Å². The Morgan fingerprint density at radius 2 is 1.57 bits per heavy atom. The molecule has 44 heavy (non-hydrogen) atoms. The highest BCUT2D eigenvalue weighted by Crippen LogP contribution is 2.41. The van der Waals surface area contributed by atoms with Crippen molar-refractivity contribution in [3.8, 4) is 16.9 Å². The van der Waals surface area contributed by atoms with Crippen molar-refractivity contribution in [1.29, 1.82) is 0 Å². The number of fused-ring (bicyclic) bond motifs is 2. The molecule has 0 spiro atoms. The Bertz CT molecular complexity index is 1950. The van der Waals surface area contributed by atoms with Crippen LogP contribution in [-0.4, -0.2) is 26.2 Å². The summed E-state index contributed by atoms with van der Waals surface area (Å²) in [6.45, 7) is 1.08. The standard InChI is InChI=1S/C37H33F2N3O2/c38-31-15-12-28(19-32(31)39)26-9-7-25(8-10-26)22-42-35-16-14-30(44-23-29-13-11-27-5-1-2-6-33(27)40-29)20-34(35)41-36(42)21-37(24-43)17-3-4-18-37/h1-2,5-16,19-20,43H,3-4,17-18,21-24H2. The van der Waals surface area contributed by atoms with Crippen molar-refractivity contribution < 1.29 is 18.6 Å². The molecule has 0 bridgehead atoms. The summed E-state index contributed by atoms with van der Waals surface area (Å²) in [5, 5.41) is 11.5. The number of hydrogen-bond acceptors (Lipinski definition) is 4. The fraction of sp³-hybridized carbons (Fsp3) is 0.243. The second kappa shape index (κ2) is 11.8. The number of aliphatic hydroxyl groups excluding tert-OH is 1. The van der Waals surface area contributed by atoms with E-state index in [9.17, 15) is 13.9 Å². The second-order valence-electron chi connectivity index (χ2n) is 11.9. The molecule has 0 amide bonds. The van der Waals surface area contributed by atoms with Crippen LogP contribution in [-0.2, 0) is 19.6 Å². The third-order valence-electron chi connectivity index (χ3n) is 8.92. The van der Waals surface area contributed by atoms with Gasteiger partial charge in [-0.05, 0) is 65.9 Å². The molecule has 1 aliphatic carbocycles. The number of aliphatic hydroxyl groups is 1. The van der Waals surface area contributed by atoms with Crippen LogP contribution in [0.1, 0.15) is 42.8 Å². The van der Waals surface area contributed by atoms with E-state index < -0.39 is 11.6 Å². The number of imidazole rings is 1. The number of benzene rings is 4. The average molecular weight is 590 g/mol. The van der Waals surface area contributed by atoms with Gasteiger partial charge in [0.1, 0.15) is 18.2 Å². The Morgan fingerprint density at radius 3 is 2.36 bits per heavy atom. The molecule has 7 heteroatoms. The summed E-state index contributed by atoms with van der Waals surface area (Å²) in [5.41, 5.74) is 5.97. The van der Waals surface area contributed by atoms with Gasteiger partial charge in [-0.3, -0.25) is 0 Å². The Balaban J connectivity index is 1.17. The molecule has 0 aliphatic heterocycles. The lowest BCUT2D eigenvalue weighted by Crippen LogP contribution is -2.26. The molecule has 222 valence electrons. The molecular weight excluding hydrogens is 556 g/mol. The number of rotatable bonds is 9. The molecule has 0 radical (unpaired) electrons. The maximum absolute atomic E-state index is 13.8. The van der Waals surface area contributed by atoms with E-state index in [1.54, 1.807) is 6.07 Å². The zero-order valence-electron chi connectivity index (χ0n) is 24.3. The first-order valence-corrected chi connectivity index (χ1v) is 15.1. The number of pyridine rings is 1. The number of hydrogen-bond donors (Lipinski definition) is 1. The predicted molar refractivity (Wildman–Crippen MR) is 168 cm³/mol. The van der Waals surface area contributed by atoms with Gasteiger partial charge in [-0.15, -0.1) is 0 Å². The smallest absolute Gasteiger partial charge is 0.159 e. The van der Waals surface area contributed by atoms with Crippen LogP contribution < -0.4 is 4.74 Å². The predicted octanol–water partition coefficient (Wildman–Crippen LogP) is 8.25. The first kappa shape index (κ1) is 28.2. The molecule has 4 aromatic carbocycles. The van der Waals surface area contributed by atoms with Crippen LogP contribution in [0.15, 0.2) is 97.1 Å². The molecular formula is C37H33F2N3O2. The monoisotopic (exact) mass is 589 g/mol. The third kappa shape index (κ3) is 5.67. The molecule has 6 aromatic rings. The van der Waals surface area contributed by atoms with Crippen LogP contribution in [0.2, 0.25) is 0 Å². The molecule has 1 aliphatic rings. The first-order valence-electron chi connectivity index (χ1n) is 15.1. The van der Waals surface area contributed by atoms with Crippen molar-refractivity contribution in [2.45, 2.75) is 45.3 Å². The van der Waals surface area contributed by atoms with Crippen LogP contribution in [0, 0.1) is 17.0 Å². The summed E-state index contributed by atoms with van der Waals surface area (Å²) in [6.07, 6.45) is 4.91. The van der Waals surface area contributed by atoms with Crippen molar-refractivity contribution in [3.63, 3.8) is 0 Å². The van der Waals surface area contributed by atoms with Crippen LogP contribution in [0.5, 0.6) is 5.75 Å². The number of nitrogens with zero attached hydrogens (tertiary/aromatic N) is 3. The molecule has 0 saturated heterocycles.